The second kappa shape index (κ2) is 11.0. The molecule has 2 aromatic carbocycles. The van der Waals surface area contributed by atoms with Crippen LogP contribution in [0.25, 0.3) is 0 Å². The van der Waals surface area contributed by atoms with Crippen molar-refractivity contribution < 1.29 is 27.8 Å². The lowest BCUT2D eigenvalue weighted by Crippen LogP contribution is -2.42. The number of fused-ring (bicyclic) bond motifs is 1. The number of benzene rings is 2. The Morgan fingerprint density at radius 2 is 1.84 bits per heavy atom. The van der Waals surface area contributed by atoms with Crippen molar-refractivity contribution in [2.45, 2.75) is 38.5 Å². The Labute approximate surface area is 220 Å². The third kappa shape index (κ3) is 5.76. The minimum Gasteiger partial charge on any atom is -0.496 e. The number of rotatable bonds is 9. The Morgan fingerprint density at radius 1 is 1.13 bits per heavy atom. The monoisotopic (exact) mass is 554 g/mol. The highest BCUT2D eigenvalue weighted by molar-refractivity contribution is 6.30. The summed E-state index contributed by atoms with van der Waals surface area (Å²) in [4.78, 5) is 28.2. The van der Waals surface area contributed by atoms with E-state index in [0.29, 0.717) is 16.3 Å². The normalized spacial score (nSPS) is 14.8. The van der Waals surface area contributed by atoms with E-state index in [-0.39, 0.29) is 44.0 Å². The lowest BCUT2D eigenvalue weighted by atomic mass is 10.1. The Bertz CT molecular complexity index is 1420. The van der Waals surface area contributed by atoms with Gasteiger partial charge in [-0.25, -0.2) is 4.79 Å². The minimum absolute atomic E-state index is 0.0272. The molecule has 1 atom stereocenters. The largest absolute Gasteiger partial charge is 0.573 e. The number of hydrogen-bond donors (Lipinski definition) is 2. The molecule has 204 valence electrons. The first kappa shape index (κ1) is 27.4. The van der Waals surface area contributed by atoms with Gasteiger partial charge in [0.05, 0.1) is 7.11 Å². The van der Waals surface area contributed by atoms with E-state index < -0.39 is 29.5 Å². The minimum atomic E-state index is -4.87. The second-order valence-electron chi connectivity index (χ2n) is 8.71. The number of ether oxygens (including phenoxy) is 2. The van der Waals surface area contributed by atoms with Crippen molar-refractivity contribution in [3.63, 3.8) is 0 Å². The summed E-state index contributed by atoms with van der Waals surface area (Å²) in [5.74, 6) is 0.200. The molecular weight excluding hydrogens is 529 g/mol. The van der Waals surface area contributed by atoms with Gasteiger partial charge in [0.2, 0.25) is 0 Å². The molecule has 2 N–H and O–H groups in total. The Balaban J connectivity index is 1.79. The molecule has 0 amide bonds. The highest BCUT2D eigenvalue weighted by Gasteiger charge is 2.36. The fourth-order valence-electron chi connectivity index (χ4n) is 4.45. The molecule has 13 heteroatoms. The van der Waals surface area contributed by atoms with Crippen LogP contribution in [0.15, 0.2) is 52.1 Å². The summed E-state index contributed by atoms with van der Waals surface area (Å²) in [6.45, 7) is 0.0634. The van der Waals surface area contributed by atoms with Crippen LogP contribution in [0.5, 0.6) is 11.5 Å². The first-order chi connectivity index (χ1) is 18.0. The molecule has 9 nitrogen and oxygen atoms in total. The van der Waals surface area contributed by atoms with Gasteiger partial charge in [0.15, 0.2) is 0 Å². The fraction of sp³-hybridized carbons (Fsp3) is 0.360. The van der Waals surface area contributed by atoms with Gasteiger partial charge >= 0.3 is 12.1 Å². The third-order valence-corrected chi connectivity index (χ3v) is 6.45. The summed E-state index contributed by atoms with van der Waals surface area (Å²) in [5, 5.41) is 13.0. The molecular formula is C25H26ClF3N4O5. The number of anilines is 2. The SMILES string of the molecule is COc1ccc(OC(F)(F)F)cc1CC1Nc2c(c(=O)n(CCCO)c(=O)n2C)N1Cc1ccc(Cl)cc1. The Kier molecular flexibility index (Phi) is 7.93. The Hall–Kier alpha value is -3.64. The Morgan fingerprint density at radius 3 is 2.47 bits per heavy atom. The number of hydrogen-bond acceptors (Lipinski definition) is 7. The van der Waals surface area contributed by atoms with E-state index in [2.05, 4.69) is 10.1 Å². The van der Waals surface area contributed by atoms with Crippen molar-refractivity contribution in [1.29, 1.82) is 0 Å². The van der Waals surface area contributed by atoms with Gasteiger partial charge in [-0.15, -0.1) is 13.2 Å². The topological polar surface area (TPSA) is 98.0 Å². The summed E-state index contributed by atoms with van der Waals surface area (Å²) in [6.07, 6.45) is -5.19. The number of nitrogens with zero attached hydrogens (tertiary/aromatic N) is 3. The summed E-state index contributed by atoms with van der Waals surface area (Å²) in [6, 6.07) is 10.8. The maximum atomic E-state index is 13.5. The predicted octanol–water partition coefficient (Wildman–Crippen LogP) is 3.49. The number of aromatic nitrogens is 2. The van der Waals surface area contributed by atoms with Gasteiger partial charge < -0.3 is 24.8 Å². The maximum Gasteiger partial charge on any atom is 0.573 e. The summed E-state index contributed by atoms with van der Waals surface area (Å²) in [5.41, 5.74) is 0.338. The van der Waals surface area contributed by atoms with Crippen LogP contribution >= 0.6 is 11.6 Å². The molecule has 0 radical (unpaired) electrons. The van der Waals surface area contributed by atoms with E-state index >= 15 is 0 Å². The molecule has 1 aliphatic heterocycles. The number of aliphatic hydroxyl groups is 1. The fourth-order valence-corrected chi connectivity index (χ4v) is 4.58. The van der Waals surface area contributed by atoms with Gasteiger partial charge in [-0.2, -0.15) is 0 Å². The summed E-state index contributed by atoms with van der Waals surface area (Å²) < 4.78 is 50.4. The zero-order chi connectivity index (χ0) is 27.6. The predicted molar refractivity (Wildman–Crippen MR) is 136 cm³/mol. The number of aliphatic hydroxyl groups excluding tert-OH is 1. The van der Waals surface area contributed by atoms with Crippen molar-refractivity contribution >= 4 is 23.1 Å². The van der Waals surface area contributed by atoms with Crippen molar-refractivity contribution in [2.24, 2.45) is 7.05 Å². The highest BCUT2D eigenvalue weighted by atomic mass is 35.5. The average molecular weight is 555 g/mol. The van der Waals surface area contributed by atoms with E-state index in [0.717, 1.165) is 16.2 Å². The van der Waals surface area contributed by atoms with Crippen LogP contribution in [0.2, 0.25) is 5.02 Å². The van der Waals surface area contributed by atoms with E-state index in [1.165, 1.54) is 30.9 Å². The summed E-state index contributed by atoms with van der Waals surface area (Å²) >= 11 is 6.03. The van der Waals surface area contributed by atoms with Crippen LogP contribution in [0.3, 0.4) is 0 Å². The smallest absolute Gasteiger partial charge is 0.496 e. The van der Waals surface area contributed by atoms with Crippen LogP contribution in [-0.4, -0.2) is 40.5 Å². The molecule has 0 aliphatic carbocycles. The lowest BCUT2D eigenvalue weighted by Gasteiger charge is -2.27. The van der Waals surface area contributed by atoms with Gasteiger partial charge in [0.25, 0.3) is 5.56 Å². The molecule has 0 saturated carbocycles. The quantitative estimate of drug-likeness (QED) is 0.418. The molecule has 38 heavy (non-hydrogen) atoms. The second-order valence-corrected chi connectivity index (χ2v) is 9.15. The van der Waals surface area contributed by atoms with E-state index in [1.54, 1.807) is 29.2 Å². The van der Waals surface area contributed by atoms with Crippen LogP contribution < -0.4 is 30.9 Å². The number of halogens is 4. The van der Waals surface area contributed by atoms with Crippen molar-refractivity contribution in [3.8, 4) is 11.5 Å². The zero-order valence-corrected chi connectivity index (χ0v) is 21.3. The van der Waals surface area contributed by atoms with Crippen LogP contribution in [0.4, 0.5) is 24.7 Å². The molecule has 3 aromatic rings. The number of alkyl halides is 3. The van der Waals surface area contributed by atoms with E-state index in [9.17, 15) is 27.9 Å². The number of nitrogens with one attached hydrogen (secondary N) is 1. The van der Waals surface area contributed by atoms with Gasteiger partial charge in [-0.3, -0.25) is 13.9 Å². The molecule has 0 bridgehead atoms. The maximum absolute atomic E-state index is 13.5. The molecule has 0 saturated heterocycles. The molecule has 1 aromatic heterocycles. The number of methoxy groups -OCH3 is 1. The molecule has 2 heterocycles. The van der Waals surface area contributed by atoms with Gasteiger partial charge in [0, 0.05) is 43.8 Å². The van der Waals surface area contributed by atoms with Crippen molar-refractivity contribution in [2.75, 3.05) is 23.9 Å². The van der Waals surface area contributed by atoms with Crippen LogP contribution in [0, 0.1) is 0 Å². The van der Waals surface area contributed by atoms with E-state index in [4.69, 9.17) is 16.3 Å². The highest BCUT2D eigenvalue weighted by Crippen LogP contribution is 2.36. The van der Waals surface area contributed by atoms with Gasteiger partial charge in [-0.1, -0.05) is 23.7 Å². The third-order valence-electron chi connectivity index (χ3n) is 6.20. The van der Waals surface area contributed by atoms with Crippen molar-refractivity contribution in [3.05, 3.63) is 79.5 Å². The molecule has 4 rings (SSSR count). The van der Waals surface area contributed by atoms with Gasteiger partial charge in [-0.05, 0) is 42.3 Å². The van der Waals surface area contributed by atoms with Gasteiger partial charge in [0.1, 0.15) is 29.2 Å². The average Bonchev–Trinajstić information content (AvgIpc) is 3.21. The molecule has 1 unspecified atom stereocenters. The van der Waals surface area contributed by atoms with Crippen LogP contribution in [-0.2, 0) is 26.6 Å². The van der Waals surface area contributed by atoms with Crippen LogP contribution in [0.1, 0.15) is 17.5 Å². The first-order valence-electron chi connectivity index (χ1n) is 11.7. The standard InChI is InChI=1S/C25H26ClF3N4O5/c1-31-22-21(23(35)32(24(31)36)10-3-11-34)33(14-15-4-6-17(26)7-5-15)20(30-22)13-16-12-18(38-25(27,28)29)8-9-19(16)37-2/h4-9,12,20,30,34H,3,10-11,13-14H2,1-2H3. The lowest BCUT2D eigenvalue weighted by molar-refractivity contribution is -0.274. The van der Waals surface area contributed by atoms with E-state index in [1.807, 2.05) is 0 Å². The molecule has 0 fully saturated rings. The zero-order valence-electron chi connectivity index (χ0n) is 20.6. The van der Waals surface area contributed by atoms with Crippen molar-refractivity contribution in [1.82, 2.24) is 9.13 Å². The first-order valence-corrected chi connectivity index (χ1v) is 12.0. The molecule has 1 aliphatic rings. The summed E-state index contributed by atoms with van der Waals surface area (Å²) in [7, 11) is 2.92. The molecule has 0 spiro atoms.